The number of hydrogen-bond acceptors (Lipinski definition) is 2. The Bertz CT molecular complexity index is 632. The van der Waals surface area contributed by atoms with Gasteiger partial charge in [-0.25, -0.2) is 0 Å². The monoisotopic (exact) mass is 308 g/mol. The molecule has 2 aromatic rings. The van der Waals surface area contributed by atoms with E-state index in [1.807, 2.05) is 48.5 Å². The molecule has 0 aliphatic rings. The molecule has 0 aliphatic carbocycles. The summed E-state index contributed by atoms with van der Waals surface area (Å²) < 4.78 is 0. The normalized spacial score (nSPS) is 10.4. The Hall–Kier alpha value is -2.62. The van der Waals surface area contributed by atoms with Gasteiger partial charge in [-0.1, -0.05) is 55.0 Å². The van der Waals surface area contributed by atoms with Gasteiger partial charge < -0.3 is 11.5 Å². The number of unbranched alkanes of at least 4 members (excludes halogenated alkanes) is 2. The van der Waals surface area contributed by atoms with Crippen LogP contribution < -0.4 is 11.5 Å². The Morgan fingerprint density at radius 2 is 1.04 bits per heavy atom. The van der Waals surface area contributed by atoms with Crippen molar-refractivity contribution in [2.24, 2.45) is 11.5 Å². The molecule has 0 bridgehead atoms. The Kier molecular flexibility index (Phi) is 5.92. The average molecular weight is 308 g/mol. The second kappa shape index (κ2) is 8.13. The van der Waals surface area contributed by atoms with Crippen LogP contribution in [-0.4, -0.2) is 11.7 Å². The van der Waals surface area contributed by atoms with E-state index in [-0.39, 0.29) is 11.7 Å². The highest BCUT2D eigenvalue weighted by Gasteiger charge is 2.06. The van der Waals surface area contributed by atoms with Crippen LogP contribution in [0.1, 0.15) is 41.5 Å². The van der Waals surface area contributed by atoms with Crippen LogP contribution in [0.3, 0.4) is 0 Å². The molecule has 0 spiro atoms. The molecule has 0 radical (unpaired) electrons. The summed E-state index contributed by atoms with van der Waals surface area (Å²) in [5.41, 5.74) is 15.2. The third-order valence-electron chi connectivity index (χ3n) is 4.01. The molecule has 120 valence electrons. The zero-order valence-corrected chi connectivity index (χ0v) is 13.3. The quantitative estimate of drug-likeness (QED) is 0.342. The summed E-state index contributed by atoms with van der Waals surface area (Å²) in [5.74, 6) is 0.270. The summed E-state index contributed by atoms with van der Waals surface area (Å²) in [6.07, 6.45) is 5.09. The molecule has 2 rings (SSSR count). The fraction of sp³-hybridized carbons (Fsp3) is 0.263. The molecular weight excluding hydrogens is 284 g/mol. The van der Waals surface area contributed by atoms with Gasteiger partial charge in [0, 0.05) is 11.1 Å². The summed E-state index contributed by atoms with van der Waals surface area (Å²) >= 11 is 0. The average Bonchev–Trinajstić information content (AvgIpc) is 2.55. The Morgan fingerprint density at radius 1 is 0.652 bits per heavy atom. The van der Waals surface area contributed by atoms with Gasteiger partial charge in [-0.3, -0.25) is 10.8 Å². The van der Waals surface area contributed by atoms with E-state index in [0.29, 0.717) is 0 Å². The summed E-state index contributed by atoms with van der Waals surface area (Å²) in [6.45, 7) is 0. The summed E-state index contributed by atoms with van der Waals surface area (Å²) in [5, 5.41) is 15.2. The molecule has 4 heteroatoms. The molecule has 0 amide bonds. The Balaban J connectivity index is 1.83. The number of hydrogen-bond donors (Lipinski definition) is 4. The van der Waals surface area contributed by atoms with Crippen molar-refractivity contribution in [3.8, 4) is 0 Å². The second-order valence-electron chi connectivity index (χ2n) is 5.70. The van der Waals surface area contributed by atoms with Gasteiger partial charge in [-0.2, -0.15) is 0 Å². The second-order valence-corrected chi connectivity index (χ2v) is 5.70. The third-order valence-corrected chi connectivity index (χ3v) is 4.01. The number of nitrogen functional groups attached to an aromatic ring is 2. The lowest BCUT2D eigenvalue weighted by Crippen LogP contribution is -2.14. The zero-order chi connectivity index (χ0) is 16.7. The van der Waals surface area contributed by atoms with Crippen molar-refractivity contribution in [3.63, 3.8) is 0 Å². The fourth-order valence-corrected chi connectivity index (χ4v) is 2.81. The smallest absolute Gasteiger partial charge is 0.123 e. The highest BCUT2D eigenvalue weighted by Crippen LogP contribution is 2.15. The minimum atomic E-state index is 0.135. The Morgan fingerprint density at radius 3 is 1.43 bits per heavy atom. The van der Waals surface area contributed by atoms with E-state index in [9.17, 15) is 0 Å². The third kappa shape index (κ3) is 4.68. The lowest BCUT2D eigenvalue weighted by Gasteiger charge is -2.09. The molecular formula is C19H24N4. The van der Waals surface area contributed by atoms with Crippen molar-refractivity contribution in [1.82, 2.24) is 0 Å². The van der Waals surface area contributed by atoms with E-state index in [2.05, 4.69) is 0 Å². The highest BCUT2D eigenvalue weighted by atomic mass is 14.7. The van der Waals surface area contributed by atoms with Crippen LogP contribution in [0.15, 0.2) is 48.5 Å². The molecule has 4 nitrogen and oxygen atoms in total. The van der Waals surface area contributed by atoms with Crippen molar-refractivity contribution in [2.45, 2.75) is 32.1 Å². The lowest BCUT2D eigenvalue weighted by molar-refractivity contribution is 0.677. The van der Waals surface area contributed by atoms with Crippen molar-refractivity contribution in [3.05, 3.63) is 70.8 Å². The van der Waals surface area contributed by atoms with Crippen LogP contribution in [0.5, 0.6) is 0 Å². The summed E-state index contributed by atoms with van der Waals surface area (Å²) in [6, 6.07) is 15.7. The van der Waals surface area contributed by atoms with E-state index in [1.54, 1.807) is 0 Å². The van der Waals surface area contributed by atoms with Crippen LogP contribution >= 0.6 is 0 Å². The molecule has 0 fully saturated rings. The molecule has 6 N–H and O–H groups in total. The molecule has 23 heavy (non-hydrogen) atoms. The fourth-order valence-electron chi connectivity index (χ4n) is 2.81. The van der Waals surface area contributed by atoms with Gasteiger partial charge in [-0.15, -0.1) is 0 Å². The van der Waals surface area contributed by atoms with Crippen molar-refractivity contribution < 1.29 is 0 Å². The van der Waals surface area contributed by atoms with Crippen LogP contribution in [0.25, 0.3) is 0 Å². The molecule has 0 unspecified atom stereocenters. The number of rotatable bonds is 8. The van der Waals surface area contributed by atoms with E-state index >= 15 is 0 Å². The molecule has 0 heterocycles. The number of nitrogens with one attached hydrogen (secondary N) is 2. The first kappa shape index (κ1) is 16.7. The van der Waals surface area contributed by atoms with E-state index in [1.165, 1.54) is 0 Å². The minimum Gasteiger partial charge on any atom is -0.384 e. The molecule has 0 saturated heterocycles. The molecule has 0 atom stereocenters. The van der Waals surface area contributed by atoms with Crippen LogP contribution in [0.2, 0.25) is 0 Å². The van der Waals surface area contributed by atoms with E-state index in [0.717, 1.165) is 54.4 Å². The highest BCUT2D eigenvalue weighted by molar-refractivity contribution is 5.96. The van der Waals surface area contributed by atoms with Crippen molar-refractivity contribution in [1.29, 1.82) is 10.8 Å². The lowest BCUT2D eigenvalue weighted by atomic mass is 9.98. The first-order valence-electron chi connectivity index (χ1n) is 7.94. The van der Waals surface area contributed by atoms with E-state index in [4.69, 9.17) is 22.3 Å². The largest absolute Gasteiger partial charge is 0.384 e. The number of nitrogens with two attached hydrogens (primary N) is 2. The van der Waals surface area contributed by atoms with Gasteiger partial charge in [0.05, 0.1) is 0 Å². The maximum atomic E-state index is 7.61. The first-order chi connectivity index (χ1) is 11.1. The maximum Gasteiger partial charge on any atom is 0.123 e. The van der Waals surface area contributed by atoms with Crippen molar-refractivity contribution >= 4 is 11.7 Å². The zero-order valence-electron chi connectivity index (χ0n) is 13.3. The number of benzene rings is 2. The summed E-state index contributed by atoms with van der Waals surface area (Å²) in [4.78, 5) is 0. The van der Waals surface area contributed by atoms with Crippen LogP contribution in [0.4, 0.5) is 0 Å². The SMILES string of the molecule is N=C(N)c1ccccc1CCCCCc1ccccc1C(=N)N. The minimum absolute atomic E-state index is 0.135. The van der Waals surface area contributed by atoms with Crippen molar-refractivity contribution in [2.75, 3.05) is 0 Å². The predicted molar refractivity (Wildman–Crippen MR) is 96.2 cm³/mol. The number of aryl methyl sites for hydroxylation is 2. The Labute approximate surface area is 137 Å². The number of amidine groups is 2. The molecule has 0 saturated carbocycles. The van der Waals surface area contributed by atoms with Gasteiger partial charge in [-0.05, 0) is 36.8 Å². The van der Waals surface area contributed by atoms with Gasteiger partial charge >= 0.3 is 0 Å². The van der Waals surface area contributed by atoms with Gasteiger partial charge in [0.2, 0.25) is 0 Å². The van der Waals surface area contributed by atoms with Gasteiger partial charge in [0.15, 0.2) is 0 Å². The van der Waals surface area contributed by atoms with Crippen LogP contribution in [-0.2, 0) is 12.8 Å². The van der Waals surface area contributed by atoms with Gasteiger partial charge in [0.1, 0.15) is 11.7 Å². The topological polar surface area (TPSA) is 99.7 Å². The first-order valence-corrected chi connectivity index (χ1v) is 7.94. The van der Waals surface area contributed by atoms with Gasteiger partial charge in [0.25, 0.3) is 0 Å². The summed E-state index contributed by atoms with van der Waals surface area (Å²) in [7, 11) is 0. The predicted octanol–water partition coefficient (Wildman–Crippen LogP) is 3.21. The molecule has 2 aromatic carbocycles. The van der Waals surface area contributed by atoms with E-state index < -0.39 is 0 Å². The molecule has 0 aromatic heterocycles. The maximum absolute atomic E-state index is 7.61. The standard InChI is InChI=1S/C19H24N4/c20-18(21)16-12-6-4-10-14(16)8-2-1-3-9-15-11-5-7-13-17(15)19(22)23/h4-7,10-13H,1-3,8-9H2,(H3,20,21)(H3,22,23). The van der Waals surface area contributed by atoms with Crippen LogP contribution in [0, 0.1) is 10.8 Å². The molecule has 0 aliphatic heterocycles.